The molecule has 2 N–H and O–H groups in total. The second kappa shape index (κ2) is 3.92. The zero-order valence-electron chi connectivity index (χ0n) is 7.56. The molecule has 74 valence electrons. The highest BCUT2D eigenvalue weighted by molar-refractivity contribution is 8.00. The summed E-state index contributed by atoms with van der Waals surface area (Å²) in [6, 6.07) is 7.97. The van der Waals surface area contributed by atoms with Crippen LogP contribution in [0.15, 0.2) is 29.2 Å². The van der Waals surface area contributed by atoms with Gasteiger partial charge in [0, 0.05) is 22.4 Å². The second-order valence-corrected chi connectivity index (χ2v) is 4.56. The van der Waals surface area contributed by atoms with Gasteiger partial charge in [0.1, 0.15) is 0 Å². The Labute approximate surface area is 86.5 Å². The number of fused-ring (bicyclic) bond motifs is 1. The Hall–Kier alpha value is -1.16. The van der Waals surface area contributed by atoms with Gasteiger partial charge in [0.25, 0.3) is 0 Å². The minimum Gasteiger partial charge on any atom is -0.481 e. The highest BCUT2D eigenvalue weighted by Gasteiger charge is 2.20. The summed E-state index contributed by atoms with van der Waals surface area (Å²) in [5, 5.41) is 12.0. The summed E-state index contributed by atoms with van der Waals surface area (Å²) in [4.78, 5) is 11.7. The van der Waals surface area contributed by atoms with E-state index < -0.39 is 5.97 Å². The van der Waals surface area contributed by atoms with Crippen molar-refractivity contribution in [3.05, 3.63) is 24.3 Å². The number of thioether (sulfide) groups is 1. The molecule has 0 spiro atoms. The molecule has 0 amide bonds. The molecule has 0 saturated heterocycles. The molecule has 1 atom stereocenters. The Morgan fingerprint density at radius 2 is 2.36 bits per heavy atom. The van der Waals surface area contributed by atoms with Crippen molar-refractivity contribution in [3.8, 4) is 0 Å². The molecule has 0 radical (unpaired) electrons. The molecule has 1 heterocycles. The maximum absolute atomic E-state index is 10.5. The van der Waals surface area contributed by atoms with Crippen LogP contribution >= 0.6 is 11.8 Å². The van der Waals surface area contributed by atoms with Crippen LogP contribution in [0.5, 0.6) is 0 Å². The third-order valence-electron chi connectivity index (χ3n) is 2.10. The highest BCUT2D eigenvalue weighted by atomic mass is 32.2. The van der Waals surface area contributed by atoms with Gasteiger partial charge in [-0.3, -0.25) is 4.79 Å². The molecule has 0 aromatic heterocycles. The van der Waals surface area contributed by atoms with Crippen molar-refractivity contribution in [2.24, 2.45) is 0 Å². The lowest BCUT2D eigenvalue weighted by Gasteiger charge is -2.24. The SMILES string of the molecule is O=C(O)C[C@@H]1CNc2ccccc2S1. The lowest BCUT2D eigenvalue weighted by molar-refractivity contribution is -0.136. The average molecular weight is 209 g/mol. The molecular formula is C10H11NO2S. The molecule has 0 bridgehead atoms. The van der Waals surface area contributed by atoms with E-state index in [4.69, 9.17) is 5.11 Å². The number of hydrogen-bond acceptors (Lipinski definition) is 3. The molecule has 1 aromatic carbocycles. The van der Waals surface area contributed by atoms with Crippen molar-refractivity contribution >= 4 is 23.4 Å². The third kappa shape index (κ3) is 2.01. The van der Waals surface area contributed by atoms with Gasteiger partial charge in [0.2, 0.25) is 0 Å². The van der Waals surface area contributed by atoms with E-state index in [1.807, 2.05) is 24.3 Å². The lowest BCUT2D eigenvalue weighted by Crippen LogP contribution is -2.23. The van der Waals surface area contributed by atoms with Crippen LogP contribution in [0.25, 0.3) is 0 Å². The summed E-state index contributed by atoms with van der Waals surface area (Å²) in [6.07, 6.45) is 0.214. The maximum Gasteiger partial charge on any atom is 0.304 e. The van der Waals surface area contributed by atoms with Crippen molar-refractivity contribution in [3.63, 3.8) is 0 Å². The fourth-order valence-electron chi connectivity index (χ4n) is 1.47. The Kier molecular flexibility index (Phi) is 2.63. The lowest BCUT2D eigenvalue weighted by atomic mass is 10.2. The number of aliphatic carboxylic acids is 1. The average Bonchev–Trinajstić information content (AvgIpc) is 2.17. The molecule has 1 aliphatic rings. The highest BCUT2D eigenvalue weighted by Crippen LogP contribution is 2.35. The van der Waals surface area contributed by atoms with Gasteiger partial charge in [-0.25, -0.2) is 0 Å². The van der Waals surface area contributed by atoms with Gasteiger partial charge in [0.05, 0.1) is 6.42 Å². The van der Waals surface area contributed by atoms with Gasteiger partial charge in [-0.2, -0.15) is 0 Å². The Morgan fingerprint density at radius 3 is 3.14 bits per heavy atom. The molecule has 2 rings (SSSR count). The van der Waals surface area contributed by atoms with Crippen molar-refractivity contribution in [2.75, 3.05) is 11.9 Å². The van der Waals surface area contributed by atoms with E-state index >= 15 is 0 Å². The number of hydrogen-bond donors (Lipinski definition) is 2. The second-order valence-electron chi connectivity index (χ2n) is 3.21. The quantitative estimate of drug-likeness (QED) is 0.782. The molecule has 0 saturated carbocycles. The van der Waals surface area contributed by atoms with Crippen LogP contribution in [0.4, 0.5) is 5.69 Å². The van der Waals surface area contributed by atoms with E-state index in [1.54, 1.807) is 11.8 Å². The minimum absolute atomic E-state index is 0.141. The summed E-state index contributed by atoms with van der Waals surface area (Å²) in [7, 11) is 0. The van der Waals surface area contributed by atoms with Gasteiger partial charge < -0.3 is 10.4 Å². The molecular weight excluding hydrogens is 198 g/mol. The number of carbonyl (C=O) groups is 1. The van der Waals surface area contributed by atoms with Crippen LogP contribution in [0.3, 0.4) is 0 Å². The van der Waals surface area contributed by atoms with Crippen LogP contribution in [0, 0.1) is 0 Å². The van der Waals surface area contributed by atoms with Crippen molar-refractivity contribution in [2.45, 2.75) is 16.6 Å². The largest absolute Gasteiger partial charge is 0.481 e. The van der Waals surface area contributed by atoms with E-state index in [9.17, 15) is 4.79 Å². The van der Waals surface area contributed by atoms with Crippen LogP contribution in [-0.4, -0.2) is 22.9 Å². The van der Waals surface area contributed by atoms with E-state index in [0.717, 1.165) is 17.1 Å². The number of anilines is 1. The molecule has 3 nitrogen and oxygen atoms in total. The van der Waals surface area contributed by atoms with E-state index in [2.05, 4.69) is 5.32 Å². The Bertz CT molecular complexity index is 354. The first kappa shape index (κ1) is 9.40. The van der Waals surface area contributed by atoms with Crippen LogP contribution in [0.1, 0.15) is 6.42 Å². The van der Waals surface area contributed by atoms with Crippen LogP contribution in [0.2, 0.25) is 0 Å². The molecule has 14 heavy (non-hydrogen) atoms. The number of benzene rings is 1. The van der Waals surface area contributed by atoms with Crippen molar-refractivity contribution < 1.29 is 9.90 Å². The van der Waals surface area contributed by atoms with Gasteiger partial charge in [-0.05, 0) is 12.1 Å². The molecule has 0 fully saturated rings. The monoisotopic (exact) mass is 209 g/mol. The van der Waals surface area contributed by atoms with E-state index in [-0.39, 0.29) is 11.7 Å². The predicted molar refractivity (Wildman–Crippen MR) is 56.8 cm³/mol. The topological polar surface area (TPSA) is 49.3 Å². The van der Waals surface area contributed by atoms with E-state index in [1.165, 1.54) is 0 Å². The number of rotatable bonds is 2. The van der Waals surface area contributed by atoms with Gasteiger partial charge in [0.15, 0.2) is 0 Å². The summed E-state index contributed by atoms with van der Waals surface area (Å²) >= 11 is 1.64. The Balaban J connectivity index is 2.09. The molecule has 0 aliphatic carbocycles. The van der Waals surface area contributed by atoms with Crippen molar-refractivity contribution in [1.29, 1.82) is 0 Å². The van der Waals surface area contributed by atoms with Gasteiger partial charge >= 0.3 is 5.97 Å². The summed E-state index contributed by atoms with van der Waals surface area (Å²) in [5.74, 6) is -0.733. The van der Waals surface area contributed by atoms with Crippen LogP contribution < -0.4 is 5.32 Å². The predicted octanol–water partition coefficient (Wildman–Crippen LogP) is 2.05. The van der Waals surface area contributed by atoms with Gasteiger partial charge in [-0.15, -0.1) is 11.8 Å². The number of nitrogens with one attached hydrogen (secondary N) is 1. The van der Waals surface area contributed by atoms with Crippen molar-refractivity contribution in [1.82, 2.24) is 0 Å². The van der Waals surface area contributed by atoms with Gasteiger partial charge in [-0.1, -0.05) is 12.1 Å². The molecule has 1 aromatic rings. The number of carboxylic acids is 1. The number of carboxylic acid groups (broad SMARTS) is 1. The van der Waals surface area contributed by atoms with Crippen LogP contribution in [-0.2, 0) is 4.79 Å². The molecule has 4 heteroatoms. The summed E-state index contributed by atoms with van der Waals surface area (Å²) in [6.45, 7) is 0.730. The smallest absolute Gasteiger partial charge is 0.304 e. The standard InChI is InChI=1S/C10H11NO2S/c12-10(13)5-7-6-11-8-3-1-2-4-9(8)14-7/h1-4,7,11H,5-6H2,(H,12,13)/t7-/m1/s1. The molecule has 0 unspecified atom stereocenters. The first-order chi connectivity index (χ1) is 6.75. The number of para-hydroxylation sites is 1. The minimum atomic E-state index is -0.733. The first-order valence-corrected chi connectivity index (χ1v) is 5.35. The maximum atomic E-state index is 10.5. The molecule has 1 aliphatic heterocycles. The van der Waals surface area contributed by atoms with E-state index in [0.29, 0.717) is 0 Å². The summed E-state index contributed by atoms with van der Waals surface area (Å²) in [5.41, 5.74) is 1.11. The normalized spacial score (nSPS) is 19.6. The summed E-state index contributed by atoms with van der Waals surface area (Å²) < 4.78 is 0. The third-order valence-corrected chi connectivity index (χ3v) is 3.38. The zero-order chi connectivity index (χ0) is 9.97. The fourth-order valence-corrected chi connectivity index (χ4v) is 2.65. The fraction of sp³-hybridized carbons (Fsp3) is 0.300. The first-order valence-electron chi connectivity index (χ1n) is 4.47. The zero-order valence-corrected chi connectivity index (χ0v) is 8.38. The Morgan fingerprint density at radius 1 is 1.57 bits per heavy atom.